The van der Waals surface area contributed by atoms with Gasteiger partial charge in [-0.05, 0) is 24.3 Å². The Morgan fingerprint density at radius 1 is 0.920 bits per heavy atom. The van der Waals surface area contributed by atoms with Crippen molar-refractivity contribution in [3.63, 3.8) is 0 Å². The summed E-state index contributed by atoms with van der Waals surface area (Å²) in [6.45, 7) is 1.10. The lowest BCUT2D eigenvalue weighted by atomic mass is 10.3. The maximum atomic E-state index is 11.9. The van der Waals surface area contributed by atoms with E-state index in [-0.39, 0.29) is 19.6 Å². The minimum atomic E-state index is -0.326. The quantitative estimate of drug-likeness (QED) is 0.810. The Morgan fingerprint density at radius 3 is 2.40 bits per heavy atom. The van der Waals surface area contributed by atoms with Crippen molar-refractivity contribution >= 4 is 11.7 Å². The number of nitrogens with one attached hydrogen (secondary N) is 2. The highest BCUT2D eigenvalue weighted by Crippen LogP contribution is 2.35. The second-order valence-electron chi connectivity index (χ2n) is 5.31. The van der Waals surface area contributed by atoms with Crippen LogP contribution in [0.4, 0.5) is 10.5 Å². The van der Waals surface area contributed by atoms with Gasteiger partial charge in [-0.15, -0.1) is 0 Å². The SMILES string of the molecule is O=C(NCCOc1ccc2c(c1)OCO2)Nc1ccc2c(c1)OCO2. The molecule has 0 saturated heterocycles. The van der Waals surface area contributed by atoms with Gasteiger partial charge >= 0.3 is 6.03 Å². The number of carbonyl (C=O) groups excluding carboxylic acids is 1. The molecule has 0 unspecified atom stereocenters. The number of carbonyl (C=O) groups is 1. The summed E-state index contributed by atoms with van der Waals surface area (Å²) in [5.41, 5.74) is 0.624. The van der Waals surface area contributed by atoms with E-state index < -0.39 is 0 Å². The molecule has 0 bridgehead atoms. The van der Waals surface area contributed by atoms with E-state index in [2.05, 4.69) is 10.6 Å². The summed E-state index contributed by atoms with van der Waals surface area (Å²) in [7, 11) is 0. The van der Waals surface area contributed by atoms with Crippen LogP contribution in [0.3, 0.4) is 0 Å². The van der Waals surface area contributed by atoms with Crippen molar-refractivity contribution in [3.05, 3.63) is 36.4 Å². The minimum Gasteiger partial charge on any atom is -0.492 e. The molecule has 8 nitrogen and oxygen atoms in total. The molecule has 0 aromatic heterocycles. The van der Waals surface area contributed by atoms with E-state index in [0.717, 1.165) is 0 Å². The Kier molecular flexibility index (Phi) is 4.07. The molecule has 2 N–H and O–H groups in total. The van der Waals surface area contributed by atoms with Crippen molar-refractivity contribution < 1.29 is 28.5 Å². The van der Waals surface area contributed by atoms with E-state index >= 15 is 0 Å². The van der Waals surface area contributed by atoms with Gasteiger partial charge in [0.15, 0.2) is 23.0 Å². The Morgan fingerprint density at radius 2 is 1.60 bits per heavy atom. The summed E-state index contributed by atoms with van der Waals surface area (Å²) in [6.07, 6.45) is 0. The normalized spacial score (nSPS) is 13.4. The standard InChI is InChI=1S/C17H16N2O6/c20-17(19-11-1-3-13-15(7-11)24-9-22-13)18-5-6-21-12-2-4-14-16(8-12)25-10-23-14/h1-4,7-8H,5-6,9-10H2,(H2,18,19,20). The molecule has 130 valence electrons. The van der Waals surface area contributed by atoms with E-state index in [1.165, 1.54) is 0 Å². The minimum absolute atomic E-state index is 0.197. The van der Waals surface area contributed by atoms with Gasteiger partial charge in [0.05, 0.1) is 6.54 Å². The van der Waals surface area contributed by atoms with Gasteiger partial charge in [-0.3, -0.25) is 0 Å². The van der Waals surface area contributed by atoms with E-state index in [4.69, 9.17) is 23.7 Å². The molecule has 2 aliphatic rings. The molecule has 0 saturated carbocycles. The molecule has 0 spiro atoms. The van der Waals surface area contributed by atoms with Crippen LogP contribution in [0.5, 0.6) is 28.7 Å². The fourth-order valence-electron chi connectivity index (χ4n) is 2.45. The van der Waals surface area contributed by atoms with Crippen molar-refractivity contribution in [1.29, 1.82) is 0 Å². The predicted octanol–water partition coefficient (Wildman–Crippen LogP) is 2.34. The first-order valence-corrected chi connectivity index (χ1v) is 7.75. The lowest BCUT2D eigenvalue weighted by molar-refractivity contribution is 0.173. The van der Waals surface area contributed by atoms with Crippen LogP contribution in [-0.4, -0.2) is 32.8 Å². The van der Waals surface area contributed by atoms with Crippen molar-refractivity contribution in [2.45, 2.75) is 0 Å². The zero-order valence-electron chi connectivity index (χ0n) is 13.2. The maximum Gasteiger partial charge on any atom is 0.319 e. The zero-order chi connectivity index (χ0) is 17.1. The zero-order valence-corrected chi connectivity index (χ0v) is 13.2. The highest BCUT2D eigenvalue weighted by molar-refractivity contribution is 5.89. The summed E-state index contributed by atoms with van der Waals surface area (Å²) >= 11 is 0. The average Bonchev–Trinajstić information content (AvgIpc) is 3.26. The lowest BCUT2D eigenvalue weighted by Gasteiger charge is -2.10. The van der Waals surface area contributed by atoms with Gasteiger partial charge in [-0.25, -0.2) is 4.79 Å². The highest BCUT2D eigenvalue weighted by atomic mass is 16.7. The first kappa shape index (κ1) is 15.3. The van der Waals surface area contributed by atoms with Gasteiger partial charge in [0.2, 0.25) is 13.6 Å². The van der Waals surface area contributed by atoms with Crippen molar-refractivity contribution in [1.82, 2.24) is 5.32 Å². The fourth-order valence-corrected chi connectivity index (χ4v) is 2.45. The Bertz CT molecular complexity index is 795. The molecule has 0 aliphatic carbocycles. The van der Waals surface area contributed by atoms with Crippen LogP contribution in [0.15, 0.2) is 36.4 Å². The summed E-state index contributed by atoms with van der Waals surface area (Å²) in [4.78, 5) is 11.9. The monoisotopic (exact) mass is 344 g/mol. The number of rotatable bonds is 5. The molecule has 0 fully saturated rings. The molecule has 4 rings (SSSR count). The maximum absolute atomic E-state index is 11.9. The number of anilines is 1. The molecule has 8 heteroatoms. The van der Waals surface area contributed by atoms with Crippen molar-refractivity contribution in [2.24, 2.45) is 0 Å². The highest BCUT2D eigenvalue weighted by Gasteiger charge is 2.15. The number of urea groups is 1. The summed E-state index contributed by atoms with van der Waals surface area (Å²) in [5.74, 6) is 3.30. The van der Waals surface area contributed by atoms with Gasteiger partial charge in [0, 0.05) is 17.8 Å². The number of ether oxygens (including phenoxy) is 5. The van der Waals surface area contributed by atoms with E-state index in [1.807, 2.05) is 0 Å². The number of amides is 2. The number of hydrogen-bond acceptors (Lipinski definition) is 6. The lowest BCUT2D eigenvalue weighted by Crippen LogP contribution is -2.32. The first-order valence-electron chi connectivity index (χ1n) is 7.75. The third kappa shape index (κ3) is 3.47. The van der Waals surface area contributed by atoms with Crippen molar-refractivity contribution in [3.8, 4) is 28.7 Å². The van der Waals surface area contributed by atoms with Crippen LogP contribution in [-0.2, 0) is 0 Å². The van der Waals surface area contributed by atoms with Gasteiger partial charge in [-0.2, -0.15) is 0 Å². The number of benzene rings is 2. The smallest absolute Gasteiger partial charge is 0.319 e. The fraction of sp³-hybridized carbons (Fsp3) is 0.235. The summed E-state index contributed by atoms with van der Waals surface area (Å²) in [5, 5.41) is 5.44. The number of hydrogen-bond donors (Lipinski definition) is 2. The van der Waals surface area contributed by atoms with Crippen LogP contribution >= 0.6 is 0 Å². The summed E-state index contributed by atoms with van der Waals surface area (Å²) in [6, 6.07) is 10.2. The molecule has 25 heavy (non-hydrogen) atoms. The second kappa shape index (κ2) is 6.68. The second-order valence-corrected chi connectivity index (χ2v) is 5.31. The van der Waals surface area contributed by atoms with E-state index in [9.17, 15) is 4.79 Å². The molecule has 0 radical (unpaired) electrons. The average molecular weight is 344 g/mol. The van der Waals surface area contributed by atoms with Crippen LogP contribution in [0.2, 0.25) is 0 Å². The van der Waals surface area contributed by atoms with Crippen LogP contribution in [0, 0.1) is 0 Å². The molecular formula is C17H16N2O6. The topological polar surface area (TPSA) is 87.3 Å². The van der Waals surface area contributed by atoms with Crippen LogP contribution in [0.1, 0.15) is 0 Å². The van der Waals surface area contributed by atoms with Crippen LogP contribution < -0.4 is 34.3 Å². The van der Waals surface area contributed by atoms with E-state index in [0.29, 0.717) is 47.6 Å². The van der Waals surface area contributed by atoms with Gasteiger partial charge < -0.3 is 34.3 Å². The first-order chi connectivity index (χ1) is 12.3. The Hall–Kier alpha value is -3.29. The Balaban J connectivity index is 1.21. The van der Waals surface area contributed by atoms with Gasteiger partial charge in [-0.1, -0.05) is 0 Å². The van der Waals surface area contributed by atoms with Crippen LogP contribution in [0.25, 0.3) is 0 Å². The largest absolute Gasteiger partial charge is 0.492 e. The van der Waals surface area contributed by atoms with E-state index in [1.54, 1.807) is 36.4 Å². The molecule has 2 heterocycles. The third-order valence-corrected chi connectivity index (χ3v) is 3.63. The molecule has 2 aromatic rings. The molecule has 2 aromatic carbocycles. The van der Waals surface area contributed by atoms with Crippen molar-refractivity contribution in [2.75, 3.05) is 32.1 Å². The molecular weight excluding hydrogens is 328 g/mol. The Labute approximate surface area is 143 Å². The summed E-state index contributed by atoms with van der Waals surface area (Å²) < 4.78 is 26.6. The third-order valence-electron chi connectivity index (χ3n) is 3.63. The molecule has 2 aliphatic heterocycles. The molecule has 0 atom stereocenters. The van der Waals surface area contributed by atoms with Gasteiger partial charge in [0.25, 0.3) is 0 Å². The molecule has 2 amide bonds. The number of fused-ring (bicyclic) bond motifs is 2. The predicted molar refractivity (Wildman–Crippen MR) is 87.6 cm³/mol. The van der Waals surface area contributed by atoms with Gasteiger partial charge in [0.1, 0.15) is 12.4 Å².